The Morgan fingerprint density at radius 3 is 2.29 bits per heavy atom. The van der Waals surface area contributed by atoms with Crippen molar-refractivity contribution in [2.24, 2.45) is 0 Å². The number of hydrogen-bond donors (Lipinski definition) is 1. The summed E-state index contributed by atoms with van der Waals surface area (Å²) in [6.07, 6.45) is 0.400. The van der Waals surface area contributed by atoms with E-state index in [0.717, 1.165) is 11.1 Å². The van der Waals surface area contributed by atoms with Crippen molar-refractivity contribution in [2.45, 2.75) is 19.4 Å². The van der Waals surface area contributed by atoms with Crippen LogP contribution in [0, 0.1) is 0 Å². The number of nitrogens with one attached hydrogen (secondary N) is 1. The minimum Gasteiger partial charge on any atom is -0.493 e. The van der Waals surface area contributed by atoms with Gasteiger partial charge in [0.05, 0.1) is 20.0 Å². The van der Waals surface area contributed by atoms with Gasteiger partial charge in [0.2, 0.25) is 10.0 Å². The number of benzene rings is 2. The highest BCUT2D eigenvalue weighted by Crippen LogP contribution is 2.27. The lowest BCUT2D eigenvalue weighted by atomic mass is 10.1. The van der Waals surface area contributed by atoms with E-state index in [4.69, 9.17) is 9.47 Å². The van der Waals surface area contributed by atoms with Gasteiger partial charge in [-0.05, 0) is 36.6 Å². The van der Waals surface area contributed by atoms with Gasteiger partial charge in [-0.2, -0.15) is 0 Å². The zero-order chi connectivity index (χ0) is 17.6. The van der Waals surface area contributed by atoms with Gasteiger partial charge in [0.1, 0.15) is 0 Å². The largest absolute Gasteiger partial charge is 0.493 e. The number of sulfonamides is 1. The fourth-order valence-corrected chi connectivity index (χ4v) is 3.72. The number of ether oxygens (including phenoxy) is 2. The Morgan fingerprint density at radius 2 is 1.67 bits per heavy atom. The van der Waals surface area contributed by atoms with Gasteiger partial charge >= 0.3 is 0 Å². The Hall–Kier alpha value is -2.05. The van der Waals surface area contributed by atoms with E-state index in [1.54, 1.807) is 26.4 Å². The smallest absolute Gasteiger partial charge is 0.212 e. The number of methoxy groups -OCH3 is 2. The third-order valence-corrected chi connectivity index (χ3v) is 5.22. The summed E-state index contributed by atoms with van der Waals surface area (Å²) in [5, 5.41) is 0. The maximum Gasteiger partial charge on any atom is 0.212 e. The summed E-state index contributed by atoms with van der Waals surface area (Å²) in [4.78, 5) is 0. The molecule has 0 aromatic heterocycles. The molecule has 0 aliphatic rings. The molecular formula is C18H23NO4S. The van der Waals surface area contributed by atoms with Crippen LogP contribution < -0.4 is 14.2 Å². The van der Waals surface area contributed by atoms with Gasteiger partial charge in [-0.1, -0.05) is 36.4 Å². The highest BCUT2D eigenvalue weighted by molar-refractivity contribution is 7.89. The fraction of sp³-hybridized carbons (Fsp3) is 0.333. The van der Waals surface area contributed by atoms with Gasteiger partial charge in [-0.15, -0.1) is 0 Å². The maximum atomic E-state index is 12.3. The lowest BCUT2D eigenvalue weighted by molar-refractivity contribution is 0.354. The van der Waals surface area contributed by atoms with Gasteiger partial charge in [0, 0.05) is 6.04 Å². The molecule has 0 aliphatic heterocycles. The summed E-state index contributed by atoms with van der Waals surface area (Å²) in [5.74, 6) is 1.23. The van der Waals surface area contributed by atoms with Crippen LogP contribution in [0.1, 0.15) is 24.1 Å². The molecule has 24 heavy (non-hydrogen) atoms. The van der Waals surface area contributed by atoms with Crippen molar-refractivity contribution in [3.05, 3.63) is 59.7 Å². The van der Waals surface area contributed by atoms with E-state index in [0.29, 0.717) is 17.9 Å². The minimum absolute atomic E-state index is 0.0135. The molecule has 0 saturated carbocycles. The van der Waals surface area contributed by atoms with E-state index in [-0.39, 0.29) is 11.8 Å². The van der Waals surface area contributed by atoms with Crippen molar-refractivity contribution in [1.29, 1.82) is 0 Å². The average molecular weight is 349 g/mol. The quantitative estimate of drug-likeness (QED) is 0.796. The monoisotopic (exact) mass is 349 g/mol. The van der Waals surface area contributed by atoms with Crippen molar-refractivity contribution in [2.75, 3.05) is 20.0 Å². The molecule has 2 aromatic rings. The second-order valence-corrected chi connectivity index (χ2v) is 7.38. The van der Waals surface area contributed by atoms with Crippen LogP contribution >= 0.6 is 0 Å². The molecule has 0 radical (unpaired) electrons. The normalized spacial score (nSPS) is 12.6. The van der Waals surface area contributed by atoms with E-state index in [1.165, 1.54) is 0 Å². The molecule has 0 bridgehead atoms. The van der Waals surface area contributed by atoms with Crippen LogP contribution in [0.25, 0.3) is 0 Å². The molecule has 2 aromatic carbocycles. The highest BCUT2D eigenvalue weighted by atomic mass is 32.2. The maximum absolute atomic E-state index is 12.3. The third kappa shape index (κ3) is 4.97. The first kappa shape index (κ1) is 18.3. The van der Waals surface area contributed by atoms with Gasteiger partial charge in [-0.3, -0.25) is 0 Å². The molecule has 0 heterocycles. The average Bonchev–Trinajstić information content (AvgIpc) is 2.60. The van der Waals surface area contributed by atoms with E-state index in [1.807, 2.05) is 43.3 Å². The molecule has 1 atom stereocenters. The third-order valence-electron chi connectivity index (χ3n) is 3.76. The molecule has 1 N–H and O–H groups in total. The zero-order valence-corrected chi connectivity index (χ0v) is 15.0. The summed E-state index contributed by atoms with van der Waals surface area (Å²) in [6.45, 7) is 1.84. The van der Waals surface area contributed by atoms with Crippen LogP contribution in [0.5, 0.6) is 11.5 Å². The van der Waals surface area contributed by atoms with Crippen molar-refractivity contribution in [1.82, 2.24) is 4.72 Å². The Balaban J connectivity index is 2.00. The molecular weight excluding hydrogens is 326 g/mol. The second-order valence-electron chi connectivity index (χ2n) is 5.51. The first-order valence-corrected chi connectivity index (χ1v) is 9.36. The van der Waals surface area contributed by atoms with Gasteiger partial charge in [0.15, 0.2) is 11.5 Å². The van der Waals surface area contributed by atoms with Crippen LogP contribution in [-0.2, 0) is 16.4 Å². The molecule has 5 nitrogen and oxygen atoms in total. The van der Waals surface area contributed by atoms with Crippen molar-refractivity contribution >= 4 is 10.0 Å². The van der Waals surface area contributed by atoms with Crippen molar-refractivity contribution in [3.8, 4) is 11.5 Å². The number of rotatable bonds is 8. The van der Waals surface area contributed by atoms with Crippen molar-refractivity contribution in [3.63, 3.8) is 0 Å². The highest BCUT2D eigenvalue weighted by Gasteiger charge is 2.16. The lowest BCUT2D eigenvalue weighted by Gasteiger charge is -2.15. The molecule has 0 saturated heterocycles. The molecule has 130 valence electrons. The Bertz CT molecular complexity index is 760. The minimum atomic E-state index is -3.38. The summed E-state index contributed by atoms with van der Waals surface area (Å²) in [6, 6.07) is 14.7. The summed E-state index contributed by atoms with van der Waals surface area (Å²) < 4.78 is 37.7. The van der Waals surface area contributed by atoms with Crippen LogP contribution in [0.2, 0.25) is 0 Å². The molecule has 1 unspecified atom stereocenters. The van der Waals surface area contributed by atoms with E-state index in [2.05, 4.69) is 4.72 Å². The Morgan fingerprint density at radius 1 is 1.00 bits per heavy atom. The topological polar surface area (TPSA) is 64.6 Å². The van der Waals surface area contributed by atoms with Gasteiger partial charge in [-0.25, -0.2) is 13.1 Å². The molecule has 0 aliphatic carbocycles. The second kappa shape index (κ2) is 8.17. The first-order chi connectivity index (χ1) is 11.4. The van der Waals surface area contributed by atoms with Crippen LogP contribution in [0.15, 0.2) is 48.5 Å². The lowest BCUT2D eigenvalue weighted by Crippen LogP contribution is -2.29. The first-order valence-electron chi connectivity index (χ1n) is 7.71. The standard InChI is InChI=1S/C18H23NO4S/c1-14(16-7-5-4-6-8-16)19-24(20,21)12-11-15-9-10-17(22-2)18(13-15)23-3/h4-10,13-14,19H,11-12H2,1-3H3. The Labute approximate surface area is 143 Å². The number of hydrogen-bond acceptors (Lipinski definition) is 4. The van der Waals surface area contributed by atoms with Crippen molar-refractivity contribution < 1.29 is 17.9 Å². The molecule has 0 fully saturated rings. The van der Waals surface area contributed by atoms with Crippen LogP contribution in [-0.4, -0.2) is 28.4 Å². The summed E-state index contributed by atoms with van der Waals surface area (Å²) in [5.41, 5.74) is 1.82. The van der Waals surface area contributed by atoms with E-state index >= 15 is 0 Å². The molecule has 2 rings (SSSR count). The van der Waals surface area contributed by atoms with E-state index < -0.39 is 10.0 Å². The fourth-order valence-electron chi connectivity index (χ4n) is 2.43. The molecule has 6 heteroatoms. The van der Waals surface area contributed by atoms with E-state index in [9.17, 15) is 8.42 Å². The predicted molar refractivity (Wildman–Crippen MR) is 95.0 cm³/mol. The SMILES string of the molecule is COc1ccc(CCS(=O)(=O)NC(C)c2ccccc2)cc1OC. The zero-order valence-electron chi connectivity index (χ0n) is 14.2. The number of aryl methyl sites for hydroxylation is 1. The van der Waals surface area contributed by atoms with Gasteiger partial charge in [0.25, 0.3) is 0 Å². The van der Waals surface area contributed by atoms with Crippen LogP contribution in [0.3, 0.4) is 0 Å². The molecule has 0 spiro atoms. The van der Waals surface area contributed by atoms with Gasteiger partial charge < -0.3 is 9.47 Å². The Kier molecular flexibility index (Phi) is 6.23. The predicted octanol–water partition coefficient (Wildman–Crippen LogP) is 2.93. The summed E-state index contributed by atoms with van der Waals surface area (Å²) in [7, 11) is -0.261. The van der Waals surface area contributed by atoms with Crippen LogP contribution in [0.4, 0.5) is 0 Å². The molecule has 0 amide bonds. The summed E-state index contributed by atoms with van der Waals surface area (Å²) >= 11 is 0.